The summed E-state index contributed by atoms with van der Waals surface area (Å²) in [7, 11) is 1.35. The van der Waals surface area contributed by atoms with Gasteiger partial charge in [-0.3, -0.25) is 4.40 Å². The smallest absolute Gasteiger partial charge is 0.416 e. The summed E-state index contributed by atoms with van der Waals surface area (Å²) in [5, 5.41) is 11.5. The fourth-order valence-corrected chi connectivity index (χ4v) is 4.10. The van der Waals surface area contributed by atoms with Gasteiger partial charge >= 0.3 is 12.3 Å². The van der Waals surface area contributed by atoms with Crippen LogP contribution < -0.4 is 10.1 Å². The van der Waals surface area contributed by atoms with Gasteiger partial charge in [0.2, 0.25) is 5.95 Å². The van der Waals surface area contributed by atoms with Crippen molar-refractivity contribution in [3.8, 4) is 17.0 Å². The third-order valence-electron chi connectivity index (χ3n) is 5.86. The number of hydrogen-bond donors (Lipinski definition) is 1. The molecule has 206 valence electrons. The highest BCUT2D eigenvalue weighted by Crippen LogP contribution is 2.38. The van der Waals surface area contributed by atoms with Crippen molar-refractivity contribution < 1.29 is 36.6 Å². The van der Waals surface area contributed by atoms with Crippen LogP contribution in [0.2, 0.25) is 0 Å². The fraction of sp³-hybridized carbons (Fsp3) is 0.480. The summed E-state index contributed by atoms with van der Waals surface area (Å²) >= 11 is 0. The maximum absolute atomic E-state index is 14.9. The van der Waals surface area contributed by atoms with Gasteiger partial charge in [0, 0.05) is 32.0 Å². The molecule has 4 rings (SSSR count). The first-order valence-electron chi connectivity index (χ1n) is 11.9. The molecular weight excluding hydrogens is 510 g/mol. The van der Waals surface area contributed by atoms with Crippen molar-refractivity contribution in [2.45, 2.75) is 51.2 Å². The van der Waals surface area contributed by atoms with Crippen LogP contribution in [-0.2, 0) is 15.7 Å². The van der Waals surface area contributed by atoms with Crippen molar-refractivity contribution in [1.82, 2.24) is 19.5 Å². The van der Waals surface area contributed by atoms with E-state index in [-0.39, 0.29) is 49.3 Å². The van der Waals surface area contributed by atoms with Crippen LogP contribution in [0.25, 0.3) is 16.8 Å². The number of alkyl halides is 4. The van der Waals surface area contributed by atoms with Gasteiger partial charge in [0.05, 0.1) is 17.1 Å². The summed E-state index contributed by atoms with van der Waals surface area (Å²) in [5.74, 6) is 0.127. The highest BCUT2D eigenvalue weighted by atomic mass is 19.4. The molecule has 1 fully saturated rings. The lowest BCUT2D eigenvalue weighted by atomic mass is 10.0. The number of nitrogens with one attached hydrogen (secondary N) is 1. The molecule has 0 aliphatic carbocycles. The second kappa shape index (κ2) is 10.6. The number of likely N-dealkylation sites (tertiary alicyclic amines) is 1. The van der Waals surface area contributed by atoms with E-state index in [1.165, 1.54) is 18.1 Å². The van der Waals surface area contributed by atoms with E-state index in [4.69, 9.17) is 14.2 Å². The second-order valence-corrected chi connectivity index (χ2v) is 9.88. The number of rotatable bonds is 6. The third-order valence-corrected chi connectivity index (χ3v) is 5.86. The maximum atomic E-state index is 14.9. The molecule has 0 bridgehead atoms. The number of hydrogen-bond acceptors (Lipinski definition) is 7. The number of methoxy groups -OCH3 is 1. The largest absolute Gasteiger partial charge is 0.467 e. The SMILES string of the molecule is COCOc1cc(C(F)(F)F)ccc1-c1nnc(N[C@H]2CN(C(=O)OC(C)(C)C)CC[C@H]2F)n2cccc12. The molecule has 38 heavy (non-hydrogen) atoms. The number of benzene rings is 1. The van der Waals surface area contributed by atoms with Crippen molar-refractivity contribution in [2.24, 2.45) is 0 Å². The van der Waals surface area contributed by atoms with Gasteiger partial charge in [-0.25, -0.2) is 9.18 Å². The van der Waals surface area contributed by atoms with Crippen LogP contribution in [0.5, 0.6) is 5.75 Å². The van der Waals surface area contributed by atoms with E-state index < -0.39 is 35.6 Å². The number of carbonyl (C=O) groups excluding carboxylic acids is 1. The van der Waals surface area contributed by atoms with Crippen LogP contribution >= 0.6 is 0 Å². The lowest BCUT2D eigenvalue weighted by Gasteiger charge is -2.36. The Hall–Kier alpha value is -3.61. The topological polar surface area (TPSA) is 90.2 Å². The van der Waals surface area contributed by atoms with Crippen LogP contribution in [0.3, 0.4) is 0 Å². The Morgan fingerprint density at radius 1 is 1.18 bits per heavy atom. The van der Waals surface area contributed by atoms with E-state index >= 15 is 0 Å². The zero-order chi connectivity index (χ0) is 27.7. The molecule has 3 aromatic rings. The Morgan fingerprint density at radius 2 is 1.95 bits per heavy atom. The molecule has 0 saturated carbocycles. The van der Waals surface area contributed by atoms with Gasteiger partial charge < -0.3 is 24.4 Å². The average molecular weight is 540 g/mol. The summed E-state index contributed by atoms with van der Waals surface area (Å²) in [5.41, 5.74) is -0.535. The van der Waals surface area contributed by atoms with Gasteiger partial charge in [0.1, 0.15) is 23.2 Å². The molecule has 1 amide bonds. The van der Waals surface area contributed by atoms with E-state index in [2.05, 4.69) is 15.5 Å². The number of ether oxygens (including phenoxy) is 3. The Bertz CT molecular complexity index is 1290. The van der Waals surface area contributed by atoms with E-state index in [9.17, 15) is 22.4 Å². The molecule has 1 N–H and O–H groups in total. The fourth-order valence-electron chi connectivity index (χ4n) is 4.10. The number of aromatic nitrogens is 3. The van der Waals surface area contributed by atoms with Crippen LogP contribution in [0.1, 0.15) is 32.8 Å². The molecule has 0 radical (unpaired) electrons. The summed E-state index contributed by atoms with van der Waals surface area (Å²) in [6, 6.07) is 5.69. The monoisotopic (exact) mass is 539 g/mol. The quantitative estimate of drug-likeness (QED) is 0.342. The van der Waals surface area contributed by atoms with E-state index in [1.807, 2.05) is 0 Å². The summed E-state index contributed by atoms with van der Waals surface area (Å²) in [6.45, 7) is 5.26. The minimum absolute atomic E-state index is 0.0518. The van der Waals surface area contributed by atoms with Crippen LogP contribution in [0, 0.1) is 0 Å². The molecule has 9 nitrogen and oxygen atoms in total. The molecule has 2 atom stereocenters. The highest BCUT2D eigenvalue weighted by molar-refractivity contribution is 5.81. The number of fused-ring (bicyclic) bond motifs is 1. The summed E-state index contributed by atoms with van der Waals surface area (Å²) in [6.07, 6.45) is -4.58. The van der Waals surface area contributed by atoms with Crippen LogP contribution in [-0.4, -0.2) is 70.4 Å². The average Bonchev–Trinajstić information content (AvgIpc) is 3.33. The number of nitrogens with zero attached hydrogens (tertiary/aromatic N) is 4. The van der Waals surface area contributed by atoms with Crippen molar-refractivity contribution in [2.75, 3.05) is 32.3 Å². The number of amides is 1. The first-order chi connectivity index (χ1) is 17.9. The third kappa shape index (κ3) is 6.09. The number of piperidine rings is 1. The Balaban J connectivity index is 1.64. The van der Waals surface area contributed by atoms with Crippen molar-refractivity contribution >= 4 is 17.6 Å². The maximum Gasteiger partial charge on any atom is 0.416 e. The van der Waals surface area contributed by atoms with Crippen molar-refractivity contribution in [3.63, 3.8) is 0 Å². The van der Waals surface area contributed by atoms with E-state index in [0.717, 1.165) is 12.1 Å². The first-order valence-corrected chi connectivity index (χ1v) is 11.9. The highest BCUT2D eigenvalue weighted by Gasteiger charge is 2.35. The molecule has 1 aromatic carbocycles. The molecule has 13 heteroatoms. The van der Waals surface area contributed by atoms with Gasteiger partial charge in [-0.05, 0) is 57.5 Å². The van der Waals surface area contributed by atoms with Crippen molar-refractivity contribution in [1.29, 1.82) is 0 Å². The van der Waals surface area contributed by atoms with Gasteiger partial charge in [-0.15, -0.1) is 10.2 Å². The standard InChI is InChI=1S/C25H29F4N5O4/c1-24(2,3)38-23(35)33-11-9-17(26)18(13-33)30-22-32-31-21(19-6-5-10-34(19)22)16-8-7-15(25(27,28)29)12-20(16)37-14-36-4/h5-8,10,12,17-18H,9,11,13-14H2,1-4H3,(H,30,32)/t17-,18+/m1/s1. The lowest BCUT2D eigenvalue weighted by molar-refractivity contribution is -0.137. The molecule has 1 aliphatic rings. The van der Waals surface area contributed by atoms with E-state index in [0.29, 0.717) is 5.52 Å². The summed E-state index contributed by atoms with van der Waals surface area (Å²) in [4.78, 5) is 14.0. The van der Waals surface area contributed by atoms with Crippen LogP contribution in [0.4, 0.5) is 28.3 Å². The van der Waals surface area contributed by atoms with Crippen LogP contribution in [0.15, 0.2) is 36.5 Å². The van der Waals surface area contributed by atoms with Gasteiger partial charge in [0.25, 0.3) is 0 Å². The summed E-state index contributed by atoms with van der Waals surface area (Å²) < 4.78 is 72.1. The van der Waals surface area contributed by atoms with Gasteiger partial charge in [-0.2, -0.15) is 13.2 Å². The molecule has 1 saturated heterocycles. The van der Waals surface area contributed by atoms with E-state index in [1.54, 1.807) is 43.5 Å². The number of carbonyl (C=O) groups is 1. The Labute approximate surface area is 216 Å². The second-order valence-electron chi connectivity index (χ2n) is 9.88. The molecule has 1 aliphatic heterocycles. The van der Waals surface area contributed by atoms with Gasteiger partial charge in [0.15, 0.2) is 6.79 Å². The first kappa shape index (κ1) is 27.4. The Morgan fingerprint density at radius 3 is 2.63 bits per heavy atom. The molecule has 2 aromatic heterocycles. The minimum atomic E-state index is -4.57. The van der Waals surface area contributed by atoms with Crippen molar-refractivity contribution in [3.05, 3.63) is 42.1 Å². The molecular formula is C25H29F4N5O4. The molecule has 0 spiro atoms. The molecule has 0 unspecified atom stereocenters. The normalized spacial score (nSPS) is 18.5. The number of halogens is 4. The van der Waals surface area contributed by atoms with Gasteiger partial charge in [-0.1, -0.05) is 0 Å². The minimum Gasteiger partial charge on any atom is -0.467 e. The predicted molar refractivity (Wildman–Crippen MR) is 131 cm³/mol. The number of anilines is 1. The zero-order valence-electron chi connectivity index (χ0n) is 21.4. The Kier molecular flexibility index (Phi) is 7.68. The zero-order valence-corrected chi connectivity index (χ0v) is 21.4. The molecule has 3 heterocycles. The lowest BCUT2D eigenvalue weighted by Crippen LogP contribution is -2.52. The predicted octanol–water partition coefficient (Wildman–Crippen LogP) is 5.16.